The summed E-state index contributed by atoms with van der Waals surface area (Å²) < 4.78 is 22.2. The fourth-order valence-electron chi connectivity index (χ4n) is 5.32. The van der Waals surface area contributed by atoms with Crippen molar-refractivity contribution in [2.75, 3.05) is 39.6 Å². The maximum atomic E-state index is 12.0. The molecule has 0 amide bonds. The molecule has 4 aromatic rings. The Bertz CT molecular complexity index is 1670. The molecule has 0 aliphatic heterocycles. The molecule has 4 aromatic carbocycles. The zero-order valence-electron chi connectivity index (χ0n) is 29.4. The van der Waals surface area contributed by atoms with Crippen LogP contribution < -0.4 is 9.47 Å². The summed E-state index contributed by atoms with van der Waals surface area (Å²) in [4.78, 5) is 24.0. The van der Waals surface area contributed by atoms with Crippen molar-refractivity contribution in [1.29, 1.82) is 0 Å². The average molecular weight is 693 g/mol. The van der Waals surface area contributed by atoms with E-state index in [4.69, 9.17) is 29.2 Å². The van der Waals surface area contributed by atoms with Crippen molar-refractivity contribution in [3.05, 3.63) is 121 Å². The lowest BCUT2D eigenvalue weighted by Crippen LogP contribution is -2.15. The topological polar surface area (TPSA) is 112 Å². The minimum Gasteiger partial charge on any atom is -0.490 e. The SMILES string of the molecule is C=C(CCO)C(=O)OCCOc1cc(OCCOC(=O)C(=C)CCO)cc(-c2ccc(-c3ccc(-c4ccc(CCCCC)cc4)cc3)cc2)c1. The molecule has 51 heavy (non-hydrogen) atoms. The zero-order valence-corrected chi connectivity index (χ0v) is 29.4. The molecule has 0 bridgehead atoms. The Hall–Kier alpha value is -5.18. The van der Waals surface area contributed by atoms with Crippen molar-refractivity contribution in [1.82, 2.24) is 0 Å². The molecule has 0 radical (unpaired) electrons. The van der Waals surface area contributed by atoms with Crippen LogP contribution in [-0.4, -0.2) is 61.8 Å². The predicted octanol–water partition coefficient (Wildman–Crippen LogP) is 8.14. The van der Waals surface area contributed by atoms with Crippen molar-refractivity contribution >= 4 is 11.9 Å². The molecule has 0 aliphatic carbocycles. The maximum absolute atomic E-state index is 12.0. The first kappa shape index (κ1) is 38.6. The lowest BCUT2D eigenvalue weighted by molar-refractivity contribution is -0.140. The van der Waals surface area contributed by atoms with Gasteiger partial charge in [0.2, 0.25) is 0 Å². The van der Waals surface area contributed by atoms with Crippen LogP contribution in [-0.2, 0) is 25.5 Å². The molecule has 0 fully saturated rings. The Balaban J connectivity index is 1.43. The lowest BCUT2D eigenvalue weighted by Gasteiger charge is -2.14. The van der Waals surface area contributed by atoms with Gasteiger partial charge in [-0.1, -0.05) is 106 Å². The highest BCUT2D eigenvalue weighted by atomic mass is 16.6. The van der Waals surface area contributed by atoms with Crippen LogP contribution in [0.4, 0.5) is 0 Å². The van der Waals surface area contributed by atoms with E-state index in [2.05, 4.69) is 80.7 Å². The van der Waals surface area contributed by atoms with E-state index in [9.17, 15) is 9.59 Å². The number of carbonyl (C=O) groups is 2. The molecule has 0 unspecified atom stereocenters. The highest BCUT2D eigenvalue weighted by molar-refractivity contribution is 5.88. The number of hydrogen-bond donors (Lipinski definition) is 2. The molecule has 0 spiro atoms. The molecule has 0 atom stereocenters. The number of aliphatic hydroxyl groups excluding tert-OH is 2. The van der Waals surface area contributed by atoms with Crippen molar-refractivity contribution in [3.63, 3.8) is 0 Å². The number of unbranched alkanes of at least 4 members (excludes halogenated alkanes) is 2. The fraction of sp³-hybridized carbons (Fsp3) is 0.302. The molecular weight excluding hydrogens is 644 g/mol. The molecule has 0 aliphatic rings. The van der Waals surface area contributed by atoms with E-state index >= 15 is 0 Å². The van der Waals surface area contributed by atoms with Gasteiger partial charge in [0, 0.05) is 43.3 Å². The summed E-state index contributed by atoms with van der Waals surface area (Å²) in [5.41, 5.74) is 8.10. The molecular formula is C43H48O8. The Morgan fingerprint density at radius 1 is 0.549 bits per heavy atom. The second-order valence-corrected chi connectivity index (χ2v) is 12.1. The van der Waals surface area contributed by atoms with Gasteiger partial charge in [0.25, 0.3) is 0 Å². The number of hydrogen-bond acceptors (Lipinski definition) is 8. The van der Waals surface area contributed by atoms with Gasteiger partial charge in [-0.2, -0.15) is 0 Å². The third-order valence-electron chi connectivity index (χ3n) is 8.25. The van der Waals surface area contributed by atoms with Crippen LogP contribution in [0.25, 0.3) is 33.4 Å². The van der Waals surface area contributed by atoms with Gasteiger partial charge in [0.05, 0.1) is 0 Å². The van der Waals surface area contributed by atoms with Gasteiger partial charge in [-0.3, -0.25) is 0 Å². The third kappa shape index (κ3) is 12.3. The zero-order chi connectivity index (χ0) is 36.4. The van der Waals surface area contributed by atoms with Crippen LogP contribution >= 0.6 is 0 Å². The monoisotopic (exact) mass is 692 g/mol. The average Bonchev–Trinajstić information content (AvgIpc) is 3.15. The number of carbonyl (C=O) groups excluding carboxylic acids is 2. The van der Waals surface area contributed by atoms with E-state index in [-0.39, 0.29) is 63.6 Å². The van der Waals surface area contributed by atoms with Crippen LogP contribution in [0.2, 0.25) is 0 Å². The first-order valence-corrected chi connectivity index (χ1v) is 17.4. The Morgan fingerprint density at radius 2 is 0.941 bits per heavy atom. The highest BCUT2D eigenvalue weighted by Crippen LogP contribution is 2.32. The first-order chi connectivity index (χ1) is 24.8. The van der Waals surface area contributed by atoms with E-state index in [1.54, 1.807) is 6.07 Å². The van der Waals surface area contributed by atoms with E-state index in [0.717, 1.165) is 28.7 Å². The second-order valence-electron chi connectivity index (χ2n) is 12.1. The molecule has 8 heteroatoms. The summed E-state index contributed by atoms with van der Waals surface area (Å²) in [6.07, 6.45) is 5.12. The minimum absolute atomic E-state index is 0.00474. The normalized spacial score (nSPS) is 10.7. The highest BCUT2D eigenvalue weighted by Gasteiger charge is 2.11. The van der Waals surface area contributed by atoms with E-state index in [1.807, 2.05) is 24.3 Å². The van der Waals surface area contributed by atoms with Gasteiger partial charge >= 0.3 is 11.9 Å². The molecule has 0 heterocycles. The minimum atomic E-state index is -0.580. The molecule has 2 N–H and O–H groups in total. The largest absolute Gasteiger partial charge is 0.490 e. The Kier molecular flexibility index (Phi) is 15.5. The standard InChI is InChI=1S/C43H48O8/c1-4-5-6-7-33-8-10-34(11-9-33)35-12-14-36(15-13-35)37-16-18-38(19-17-37)39-28-40(48-24-26-50-42(46)31(2)20-22-44)30-41(29-39)49-25-27-51-43(47)32(3)21-23-45/h8-19,28-30,44-45H,2-7,20-27H2,1H3. The van der Waals surface area contributed by atoms with Crippen molar-refractivity contribution in [2.24, 2.45) is 0 Å². The van der Waals surface area contributed by atoms with Crippen LogP contribution in [0.1, 0.15) is 44.6 Å². The molecule has 0 saturated carbocycles. The third-order valence-corrected chi connectivity index (χ3v) is 8.25. The Labute approximate surface area is 301 Å². The quantitative estimate of drug-likeness (QED) is 0.0512. The maximum Gasteiger partial charge on any atom is 0.333 e. The van der Waals surface area contributed by atoms with Gasteiger partial charge in [-0.15, -0.1) is 0 Å². The number of aliphatic hydroxyl groups is 2. The molecule has 8 nitrogen and oxygen atoms in total. The molecule has 4 rings (SSSR count). The van der Waals surface area contributed by atoms with Crippen LogP contribution in [0.3, 0.4) is 0 Å². The smallest absolute Gasteiger partial charge is 0.333 e. The fourth-order valence-corrected chi connectivity index (χ4v) is 5.32. The number of benzene rings is 4. The number of rotatable bonds is 21. The number of aryl methyl sites for hydroxylation is 1. The summed E-state index contributed by atoms with van der Waals surface area (Å²) in [5.74, 6) is -0.171. The van der Waals surface area contributed by atoms with Gasteiger partial charge in [0.15, 0.2) is 0 Å². The molecule has 0 saturated heterocycles. The second kappa shape index (κ2) is 20.5. The number of ether oxygens (including phenoxy) is 4. The van der Waals surface area contributed by atoms with Crippen LogP contribution in [0.5, 0.6) is 11.5 Å². The summed E-state index contributed by atoms with van der Waals surface area (Å²) in [5, 5.41) is 18.0. The summed E-state index contributed by atoms with van der Waals surface area (Å²) in [6.45, 7) is 9.26. The predicted molar refractivity (Wildman–Crippen MR) is 201 cm³/mol. The number of esters is 2. The summed E-state index contributed by atoms with van der Waals surface area (Å²) >= 11 is 0. The van der Waals surface area contributed by atoms with Crippen molar-refractivity contribution in [2.45, 2.75) is 45.4 Å². The van der Waals surface area contributed by atoms with Gasteiger partial charge in [-0.25, -0.2) is 9.59 Å². The van der Waals surface area contributed by atoms with E-state index in [1.165, 1.54) is 36.0 Å². The molecule has 0 aromatic heterocycles. The van der Waals surface area contributed by atoms with Gasteiger partial charge in [0.1, 0.15) is 37.9 Å². The Morgan fingerprint density at radius 3 is 1.33 bits per heavy atom. The van der Waals surface area contributed by atoms with Gasteiger partial charge < -0.3 is 29.2 Å². The van der Waals surface area contributed by atoms with Crippen LogP contribution in [0.15, 0.2) is 115 Å². The van der Waals surface area contributed by atoms with Gasteiger partial charge in [-0.05, 0) is 63.9 Å². The first-order valence-electron chi connectivity index (χ1n) is 17.4. The van der Waals surface area contributed by atoms with E-state index < -0.39 is 11.9 Å². The summed E-state index contributed by atoms with van der Waals surface area (Å²) in [6, 6.07) is 31.1. The van der Waals surface area contributed by atoms with Crippen molar-refractivity contribution < 1.29 is 38.7 Å². The summed E-state index contributed by atoms with van der Waals surface area (Å²) in [7, 11) is 0. The molecule has 268 valence electrons. The van der Waals surface area contributed by atoms with E-state index in [0.29, 0.717) is 11.5 Å². The van der Waals surface area contributed by atoms with Crippen LogP contribution in [0, 0.1) is 0 Å². The van der Waals surface area contributed by atoms with Crippen molar-refractivity contribution in [3.8, 4) is 44.9 Å². The lowest BCUT2D eigenvalue weighted by atomic mass is 9.97.